The van der Waals surface area contributed by atoms with E-state index in [1.165, 1.54) is 30.8 Å². The van der Waals surface area contributed by atoms with Crippen LogP contribution in [0.1, 0.15) is 33.6 Å². The second-order valence-corrected chi connectivity index (χ2v) is 5.29. The third kappa shape index (κ3) is 2.74. The van der Waals surface area contributed by atoms with E-state index in [2.05, 4.69) is 55.3 Å². The summed E-state index contributed by atoms with van der Waals surface area (Å²) < 4.78 is 0. The maximum absolute atomic E-state index is 3.51. The average Bonchev–Trinajstić information content (AvgIpc) is 2.33. The molecular formula is C15H24N2. The number of rotatable bonds is 4. The summed E-state index contributed by atoms with van der Waals surface area (Å²) in [6.45, 7) is 9.16. The van der Waals surface area contributed by atoms with Crippen molar-refractivity contribution in [1.82, 2.24) is 0 Å². The van der Waals surface area contributed by atoms with E-state index in [0.717, 1.165) is 12.5 Å². The van der Waals surface area contributed by atoms with Crippen LogP contribution in [0.4, 0.5) is 11.4 Å². The zero-order valence-corrected chi connectivity index (χ0v) is 11.2. The Balaban J connectivity index is 2.15. The fraction of sp³-hybridized carbons (Fsp3) is 0.600. The van der Waals surface area contributed by atoms with Crippen LogP contribution in [0.5, 0.6) is 0 Å². The lowest BCUT2D eigenvalue weighted by molar-refractivity contribution is 0.486. The van der Waals surface area contributed by atoms with Crippen molar-refractivity contribution in [3.63, 3.8) is 0 Å². The predicted octanol–water partition coefficient (Wildman–Crippen LogP) is 3.74. The van der Waals surface area contributed by atoms with E-state index in [1.54, 1.807) is 0 Å². The molecule has 2 heteroatoms. The Kier molecular flexibility index (Phi) is 3.93. The largest absolute Gasteiger partial charge is 0.381 e. The molecule has 1 aliphatic rings. The van der Waals surface area contributed by atoms with Gasteiger partial charge in [0.1, 0.15) is 0 Å². The number of hydrogen-bond acceptors (Lipinski definition) is 2. The van der Waals surface area contributed by atoms with Crippen LogP contribution in [0.25, 0.3) is 0 Å². The van der Waals surface area contributed by atoms with Crippen molar-refractivity contribution in [2.24, 2.45) is 5.92 Å². The fourth-order valence-electron chi connectivity index (χ4n) is 2.68. The molecule has 0 aliphatic carbocycles. The summed E-state index contributed by atoms with van der Waals surface area (Å²) in [6.07, 6.45) is 2.60. The quantitative estimate of drug-likeness (QED) is 0.850. The maximum Gasteiger partial charge on any atom is 0.0605 e. The summed E-state index contributed by atoms with van der Waals surface area (Å²) in [5, 5.41) is 3.51. The van der Waals surface area contributed by atoms with Crippen LogP contribution in [0, 0.1) is 5.92 Å². The number of nitrogens with zero attached hydrogens (tertiary/aromatic N) is 1. The first kappa shape index (κ1) is 12.3. The molecule has 0 bridgehead atoms. The highest BCUT2D eigenvalue weighted by molar-refractivity contribution is 5.72. The Bertz CT molecular complexity index is 362. The minimum absolute atomic E-state index is 0.587. The van der Waals surface area contributed by atoms with Gasteiger partial charge in [0.15, 0.2) is 0 Å². The number of anilines is 2. The molecule has 0 amide bonds. The van der Waals surface area contributed by atoms with E-state index in [4.69, 9.17) is 0 Å². The topological polar surface area (TPSA) is 15.3 Å². The standard InChI is InChI=1S/C15H24N2/c1-4-7-12(2)11-17-13(3)10-16-14-8-5-6-9-15(14)17/h5-6,8-9,12-13,16H,4,7,10-11H2,1-3H3. The molecule has 0 saturated carbocycles. The highest BCUT2D eigenvalue weighted by Crippen LogP contribution is 2.31. The summed E-state index contributed by atoms with van der Waals surface area (Å²) in [5.74, 6) is 0.772. The lowest BCUT2D eigenvalue weighted by Crippen LogP contribution is -2.44. The van der Waals surface area contributed by atoms with E-state index in [1.807, 2.05) is 0 Å². The SMILES string of the molecule is CCCC(C)CN1c2ccccc2NCC1C. The molecule has 17 heavy (non-hydrogen) atoms. The highest BCUT2D eigenvalue weighted by atomic mass is 15.2. The van der Waals surface area contributed by atoms with Crippen molar-refractivity contribution in [1.29, 1.82) is 0 Å². The van der Waals surface area contributed by atoms with Crippen LogP contribution in [-0.2, 0) is 0 Å². The van der Waals surface area contributed by atoms with Crippen molar-refractivity contribution >= 4 is 11.4 Å². The van der Waals surface area contributed by atoms with Gasteiger partial charge < -0.3 is 10.2 Å². The number of fused-ring (bicyclic) bond motifs is 1. The van der Waals surface area contributed by atoms with Crippen LogP contribution < -0.4 is 10.2 Å². The van der Waals surface area contributed by atoms with E-state index in [0.29, 0.717) is 6.04 Å². The molecule has 0 fully saturated rings. The van der Waals surface area contributed by atoms with Gasteiger partial charge in [-0.2, -0.15) is 0 Å². The first-order chi connectivity index (χ1) is 8.22. The molecule has 0 spiro atoms. The zero-order chi connectivity index (χ0) is 12.3. The molecule has 2 unspecified atom stereocenters. The summed E-state index contributed by atoms with van der Waals surface area (Å²) in [6, 6.07) is 9.24. The predicted molar refractivity (Wildman–Crippen MR) is 75.8 cm³/mol. The second-order valence-electron chi connectivity index (χ2n) is 5.29. The summed E-state index contributed by atoms with van der Waals surface area (Å²) in [5.41, 5.74) is 2.66. The summed E-state index contributed by atoms with van der Waals surface area (Å²) >= 11 is 0. The zero-order valence-electron chi connectivity index (χ0n) is 11.2. The molecule has 2 rings (SSSR count). The van der Waals surface area contributed by atoms with Crippen molar-refractivity contribution < 1.29 is 0 Å². The first-order valence-corrected chi connectivity index (χ1v) is 6.82. The van der Waals surface area contributed by atoms with Gasteiger partial charge in [0, 0.05) is 19.1 Å². The van der Waals surface area contributed by atoms with Gasteiger partial charge in [-0.25, -0.2) is 0 Å². The Morgan fingerprint density at radius 3 is 2.94 bits per heavy atom. The van der Waals surface area contributed by atoms with E-state index >= 15 is 0 Å². The monoisotopic (exact) mass is 232 g/mol. The van der Waals surface area contributed by atoms with Crippen molar-refractivity contribution in [2.75, 3.05) is 23.3 Å². The van der Waals surface area contributed by atoms with Crippen LogP contribution in [0.15, 0.2) is 24.3 Å². The Morgan fingerprint density at radius 1 is 1.41 bits per heavy atom. The average molecular weight is 232 g/mol. The third-order valence-corrected chi connectivity index (χ3v) is 3.62. The Labute approximate surface area is 105 Å². The van der Waals surface area contributed by atoms with E-state index in [-0.39, 0.29) is 0 Å². The van der Waals surface area contributed by atoms with Crippen LogP contribution in [-0.4, -0.2) is 19.1 Å². The van der Waals surface area contributed by atoms with Gasteiger partial charge in [-0.1, -0.05) is 32.4 Å². The number of para-hydroxylation sites is 2. The Hall–Kier alpha value is -1.18. The van der Waals surface area contributed by atoms with Gasteiger partial charge in [0.25, 0.3) is 0 Å². The molecule has 2 atom stereocenters. The third-order valence-electron chi connectivity index (χ3n) is 3.62. The molecule has 0 aromatic heterocycles. The molecule has 1 heterocycles. The highest BCUT2D eigenvalue weighted by Gasteiger charge is 2.23. The molecule has 1 aromatic rings. The van der Waals surface area contributed by atoms with E-state index < -0.39 is 0 Å². The van der Waals surface area contributed by atoms with Gasteiger partial charge in [0.2, 0.25) is 0 Å². The first-order valence-electron chi connectivity index (χ1n) is 6.82. The lowest BCUT2D eigenvalue weighted by Gasteiger charge is -2.39. The molecule has 1 aromatic carbocycles. The van der Waals surface area contributed by atoms with Gasteiger partial charge >= 0.3 is 0 Å². The summed E-state index contributed by atoms with van der Waals surface area (Å²) in [4.78, 5) is 2.56. The number of hydrogen-bond donors (Lipinski definition) is 1. The van der Waals surface area contributed by atoms with Gasteiger partial charge in [-0.15, -0.1) is 0 Å². The molecular weight excluding hydrogens is 208 g/mol. The van der Waals surface area contributed by atoms with Crippen LogP contribution >= 0.6 is 0 Å². The molecule has 94 valence electrons. The van der Waals surface area contributed by atoms with Crippen molar-refractivity contribution in [2.45, 2.75) is 39.7 Å². The normalized spacial score (nSPS) is 20.6. The molecule has 1 N–H and O–H groups in total. The van der Waals surface area contributed by atoms with Crippen molar-refractivity contribution in [3.8, 4) is 0 Å². The molecule has 0 radical (unpaired) electrons. The number of benzene rings is 1. The summed E-state index contributed by atoms with van der Waals surface area (Å²) in [7, 11) is 0. The minimum Gasteiger partial charge on any atom is -0.381 e. The Morgan fingerprint density at radius 2 is 2.18 bits per heavy atom. The van der Waals surface area contributed by atoms with Crippen LogP contribution in [0.2, 0.25) is 0 Å². The van der Waals surface area contributed by atoms with Gasteiger partial charge in [0.05, 0.1) is 11.4 Å². The van der Waals surface area contributed by atoms with E-state index in [9.17, 15) is 0 Å². The minimum atomic E-state index is 0.587. The fourth-order valence-corrected chi connectivity index (χ4v) is 2.68. The second kappa shape index (κ2) is 5.44. The lowest BCUT2D eigenvalue weighted by atomic mass is 10.0. The van der Waals surface area contributed by atoms with Crippen molar-refractivity contribution in [3.05, 3.63) is 24.3 Å². The van der Waals surface area contributed by atoms with Crippen LogP contribution in [0.3, 0.4) is 0 Å². The van der Waals surface area contributed by atoms with Gasteiger partial charge in [-0.05, 0) is 31.4 Å². The maximum atomic E-state index is 3.51. The molecule has 0 saturated heterocycles. The smallest absolute Gasteiger partial charge is 0.0605 e. The number of nitrogens with one attached hydrogen (secondary N) is 1. The van der Waals surface area contributed by atoms with Gasteiger partial charge in [-0.3, -0.25) is 0 Å². The molecule has 2 nitrogen and oxygen atoms in total. The molecule has 1 aliphatic heterocycles.